The van der Waals surface area contributed by atoms with Crippen molar-refractivity contribution in [3.05, 3.63) is 64.5 Å². The fourth-order valence-corrected chi connectivity index (χ4v) is 3.63. The summed E-state index contributed by atoms with van der Waals surface area (Å²) in [5.74, 6) is 0.156. The molecule has 3 heterocycles. The summed E-state index contributed by atoms with van der Waals surface area (Å²) in [7, 11) is 0. The van der Waals surface area contributed by atoms with Gasteiger partial charge in [0.1, 0.15) is 5.82 Å². The topological polar surface area (TPSA) is 115 Å². The van der Waals surface area contributed by atoms with Crippen molar-refractivity contribution in [3.63, 3.8) is 0 Å². The van der Waals surface area contributed by atoms with Crippen LogP contribution in [0.4, 0.5) is 4.39 Å². The Labute approximate surface area is 172 Å². The van der Waals surface area contributed by atoms with Gasteiger partial charge in [-0.25, -0.2) is 4.39 Å². The van der Waals surface area contributed by atoms with Gasteiger partial charge in [-0.05, 0) is 48.2 Å². The van der Waals surface area contributed by atoms with Crippen LogP contribution in [0.15, 0.2) is 47.5 Å². The number of rotatable bonds is 6. The van der Waals surface area contributed by atoms with E-state index in [4.69, 9.17) is 11.1 Å². The summed E-state index contributed by atoms with van der Waals surface area (Å²) in [4.78, 5) is 22.2. The lowest BCUT2D eigenvalue weighted by molar-refractivity contribution is 0.298. The normalized spacial score (nSPS) is 14.6. The van der Waals surface area contributed by atoms with Crippen molar-refractivity contribution in [2.75, 3.05) is 26.2 Å². The van der Waals surface area contributed by atoms with E-state index in [0.29, 0.717) is 17.9 Å². The van der Waals surface area contributed by atoms with E-state index >= 15 is 0 Å². The van der Waals surface area contributed by atoms with Crippen LogP contribution >= 0.6 is 0 Å². The van der Waals surface area contributed by atoms with Crippen LogP contribution in [0, 0.1) is 11.2 Å². The number of nitrogens with two attached hydrogens (primary N) is 1. The molecule has 156 valence electrons. The molecular formula is C21H24FN7O. The van der Waals surface area contributed by atoms with Crippen LogP contribution in [0.1, 0.15) is 18.4 Å². The molecule has 4 rings (SSSR count). The number of hydrogen-bond acceptors (Lipinski definition) is 4. The van der Waals surface area contributed by atoms with Crippen LogP contribution in [-0.4, -0.2) is 51.4 Å². The number of benzene rings is 1. The summed E-state index contributed by atoms with van der Waals surface area (Å²) < 4.78 is 15.0. The van der Waals surface area contributed by atoms with Crippen LogP contribution in [0.25, 0.3) is 22.6 Å². The summed E-state index contributed by atoms with van der Waals surface area (Å²) in [6.45, 7) is 3.21. The van der Waals surface area contributed by atoms with E-state index in [1.165, 1.54) is 12.1 Å². The molecule has 0 spiro atoms. The highest BCUT2D eigenvalue weighted by atomic mass is 19.1. The molecular weight excluding hydrogens is 385 g/mol. The first-order chi connectivity index (χ1) is 14.5. The quantitative estimate of drug-likeness (QED) is 0.281. The first-order valence-corrected chi connectivity index (χ1v) is 9.87. The third-order valence-corrected chi connectivity index (χ3v) is 5.23. The highest BCUT2D eigenvalue weighted by Gasteiger charge is 2.16. The first kappa shape index (κ1) is 19.8. The average Bonchev–Trinajstić information content (AvgIpc) is 3.14. The van der Waals surface area contributed by atoms with Gasteiger partial charge in [0.05, 0.1) is 11.3 Å². The van der Waals surface area contributed by atoms with Gasteiger partial charge in [-0.3, -0.25) is 19.5 Å². The monoisotopic (exact) mass is 409 g/mol. The molecule has 0 amide bonds. The Bertz CT molecular complexity index is 1150. The third-order valence-electron chi connectivity index (χ3n) is 5.23. The highest BCUT2D eigenvalue weighted by Crippen LogP contribution is 2.22. The van der Waals surface area contributed by atoms with Crippen molar-refractivity contribution < 1.29 is 4.39 Å². The van der Waals surface area contributed by atoms with Crippen LogP contribution < -0.4 is 16.6 Å². The predicted molar refractivity (Wildman–Crippen MR) is 115 cm³/mol. The smallest absolute Gasteiger partial charge is 0.281 e. The second-order valence-electron chi connectivity index (χ2n) is 7.34. The fraction of sp³-hybridized carbons (Fsp3) is 0.286. The zero-order valence-electron chi connectivity index (χ0n) is 16.5. The van der Waals surface area contributed by atoms with E-state index in [0.717, 1.165) is 49.3 Å². The maximum absolute atomic E-state index is 13.2. The molecule has 9 heteroatoms. The number of nitrogens with zero attached hydrogens (tertiary/aromatic N) is 3. The Hall–Kier alpha value is -3.46. The van der Waals surface area contributed by atoms with E-state index in [1.54, 1.807) is 16.5 Å². The lowest BCUT2D eigenvalue weighted by Crippen LogP contribution is -2.35. The van der Waals surface area contributed by atoms with E-state index in [1.807, 2.05) is 12.4 Å². The van der Waals surface area contributed by atoms with Gasteiger partial charge in [0.2, 0.25) is 5.78 Å². The maximum atomic E-state index is 13.2. The van der Waals surface area contributed by atoms with Gasteiger partial charge in [0.15, 0.2) is 5.96 Å². The molecule has 1 aliphatic rings. The second-order valence-corrected chi connectivity index (χ2v) is 7.34. The fourth-order valence-electron chi connectivity index (χ4n) is 3.63. The number of halogens is 1. The van der Waals surface area contributed by atoms with E-state index < -0.39 is 0 Å². The Morgan fingerprint density at radius 3 is 2.80 bits per heavy atom. The molecule has 0 saturated carbocycles. The van der Waals surface area contributed by atoms with Crippen molar-refractivity contribution >= 4 is 17.3 Å². The van der Waals surface area contributed by atoms with E-state index in [-0.39, 0.29) is 17.3 Å². The zero-order chi connectivity index (χ0) is 21.1. The van der Waals surface area contributed by atoms with Gasteiger partial charge < -0.3 is 16.0 Å². The minimum absolute atomic E-state index is 0.00784. The van der Waals surface area contributed by atoms with Crippen LogP contribution in [0.3, 0.4) is 0 Å². The molecule has 0 fully saturated rings. The van der Waals surface area contributed by atoms with Gasteiger partial charge in [-0.2, -0.15) is 4.98 Å². The molecule has 30 heavy (non-hydrogen) atoms. The number of H-pyrrole nitrogens is 1. The van der Waals surface area contributed by atoms with E-state index in [9.17, 15) is 9.18 Å². The molecule has 5 N–H and O–H groups in total. The Morgan fingerprint density at radius 2 is 2.10 bits per heavy atom. The second kappa shape index (κ2) is 8.50. The summed E-state index contributed by atoms with van der Waals surface area (Å²) in [5, 5.41) is 9.97. The van der Waals surface area contributed by atoms with Crippen molar-refractivity contribution in [3.8, 4) is 11.3 Å². The van der Waals surface area contributed by atoms with Crippen molar-refractivity contribution in [1.29, 1.82) is 5.41 Å². The molecule has 0 saturated heterocycles. The van der Waals surface area contributed by atoms with Gasteiger partial charge in [0.25, 0.3) is 5.56 Å². The van der Waals surface area contributed by atoms with Crippen LogP contribution in [0.2, 0.25) is 0 Å². The number of imidazole rings is 1. The van der Waals surface area contributed by atoms with Crippen LogP contribution in [0.5, 0.6) is 0 Å². The lowest BCUT2D eigenvalue weighted by atomic mass is 10.0. The number of aromatic nitrogens is 3. The average molecular weight is 409 g/mol. The molecule has 8 nitrogen and oxygen atoms in total. The minimum atomic E-state index is -0.293. The number of aromatic amines is 1. The standard InChI is InChI=1S/C21H24FN7O/c22-16-4-2-15(3-5-16)18-13-29-12-17(19(30)27-21(29)26-18)14-6-10-28(11-7-14)9-1-8-25-20(23)24/h2-6,12-13H,1,7-11H2,(H4,23,24,25)(H,26,27,30). The largest absolute Gasteiger partial charge is 0.370 e. The number of guanidine groups is 1. The molecule has 0 radical (unpaired) electrons. The molecule has 0 aliphatic carbocycles. The van der Waals surface area contributed by atoms with Gasteiger partial charge in [-0.1, -0.05) is 6.08 Å². The summed E-state index contributed by atoms with van der Waals surface area (Å²) >= 11 is 0. The van der Waals surface area contributed by atoms with Gasteiger partial charge in [0, 0.05) is 38.6 Å². The number of hydrogen-bond donors (Lipinski definition) is 4. The van der Waals surface area contributed by atoms with Crippen LogP contribution in [-0.2, 0) is 0 Å². The first-order valence-electron chi connectivity index (χ1n) is 9.87. The molecule has 1 aromatic carbocycles. The summed E-state index contributed by atoms with van der Waals surface area (Å²) in [6.07, 6.45) is 7.43. The van der Waals surface area contributed by atoms with Crippen molar-refractivity contribution in [1.82, 2.24) is 24.6 Å². The minimum Gasteiger partial charge on any atom is -0.370 e. The van der Waals surface area contributed by atoms with Crippen molar-refractivity contribution in [2.45, 2.75) is 12.8 Å². The Balaban J connectivity index is 1.49. The Kier molecular flexibility index (Phi) is 5.62. The van der Waals surface area contributed by atoms with E-state index in [2.05, 4.69) is 26.3 Å². The van der Waals surface area contributed by atoms with Gasteiger partial charge in [-0.15, -0.1) is 0 Å². The molecule has 0 bridgehead atoms. The number of nitrogens with one attached hydrogen (secondary N) is 3. The third kappa shape index (κ3) is 4.41. The number of fused-ring (bicyclic) bond motifs is 1. The van der Waals surface area contributed by atoms with Crippen molar-refractivity contribution in [2.24, 2.45) is 5.73 Å². The lowest BCUT2D eigenvalue weighted by Gasteiger charge is -2.26. The zero-order valence-corrected chi connectivity index (χ0v) is 16.5. The summed E-state index contributed by atoms with van der Waals surface area (Å²) in [6, 6.07) is 6.17. The molecule has 0 atom stereocenters. The molecule has 3 aromatic rings. The predicted octanol–water partition coefficient (Wildman–Crippen LogP) is 1.79. The maximum Gasteiger partial charge on any atom is 0.281 e. The highest BCUT2D eigenvalue weighted by molar-refractivity contribution is 5.74. The molecule has 0 unspecified atom stereocenters. The molecule has 1 aliphatic heterocycles. The molecule has 2 aromatic heterocycles. The Morgan fingerprint density at radius 1 is 1.30 bits per heavy atom. The summed E-state index contributed by atoms with van der Waals surface area (Å²) in [5.41, 5.74) is 8.22. The van der Waals surface area contributed by atoms with Gasteiger partial charge >= 0.3 is 0 Å². The SMILES string of the molecule is N=C(N)NCCCN1CC=C(c2cn3cc(-c4ccc(F)cc4)[nH]c3nc2=O)CC1.